The normalized spacial score (nSPS) is 12.5. The first-order valence-corrected chi connectivity index (χ1v) is 47.8. The molecule has 12 nitrogen and oxygen atoms in total. The zero-order valence-corrected chi connectivity index (χ0v) is 74.7. The van der Waals surface area contributed by atoms with Crippen LogP contribution in [0.3, 0.4) is 0 Å². The largest absolute Gasteiger partial charge is 0.462 e. The molecule has 4 atom stereocenters. The van der Waals surface area contributed by atoms with Crippen molar-refractivity contribution in [2.24, 2.45) is 23.7 Å². The van der Waals surface area contributed by atoms with Gasteiger partial charge in [0, 0.05) is 59.7 Å². The van der Waals surface area contributed by atoms with Crippen molar-refractivity contribution in [3.8, 4) is 22.3 Å². The number of ether oxygens (including phenoxy) is 4. The Labute approximate surface area is 706 Å². The predicted molar refractivity (Wildman–Crippen MR) is 478 cm³/mol. The average Bonchev–Trinajstić information content (AvgIpc) is 0.830. The molecular formula is C104H162N4O8+4. The zero-order valence-electron chi connectivity index (χ0n) is 74.7. The molecule has 0 aliphatic heterocycles. The highest BCUT2D eigenvalue weighted by atomic mass is 16.5. The van der Waals surface area contributed by atoms with Gasteiger partial charge in [-0.3, -0.25) is 0 Å². The number of unbranched alkanes of at least 4 members (excludes halogenated alkanes) is 32. The van der Waals surface area contributed by atoms with Gasteiger partial charge in [0.05, 0.1) is 48.7 Å². The Bertz CT molecular complexity index is 3170. The van der Waals surface area contributed by atoms with Gasteiger partial charge in [-0.25, -0.2) is 28.3 Å². The molecule has 2 aromatic carbocycles. The van der Waals surface area contributed by atoms with Crippen LogP contribution in [0.15, 0.2) is 135 Å². The highest BCUT2D eigenvalue weighted by molar-refractivity contribution is 5.96. The lowest BCUT2D eigenvalue weighted by molar-refractivity contribution is -0.778. The van der Waals surface area contributed by atoms with Gasteiger partial charge in [-0.05, 0) is 134 Å². The van der Waals surface area contributed by atoms with Gasteiger partial charge < -0.3 is 18.9 Å². The van der Waals surface area contributed by atoms with E-state index in [1.807, 2.05) is 24.3 Å². The van der Waals surface area contributed by atoms with Crippen LogP contribution >= 0.6 is 0 Å². The first-order chi connectivity index (χ1) is 56.9. The Morgan fingerprint density at radius 1 is 0.233 bits per heavy atom. The van der Waals surface area contributed by atoms with Gasteiger partial charge >= 0.3 is 23.9 Å². The third-order valence-corrected chi connectivity index (χ3v) is 24.0. The fraction of sp³-hybridized carbons (Fsp3) is 0.654. The summed E-state index contributed by atoms with van der Waals surface area (Å²) in [4.78, 5) is 56.9. The third-order valence-electron chi connectivity index (χ3n) is 24.0. The number of rotatable bonds is 69. The number of pyridine rings is 4. The van der Waals surface area contributed by atoms with E-state index in [9.17, 15) is 19.2 Å². The Balaban J connectivity index is 1.11. The minimum atomic E-state index is -0.375. The van der Waals surface area contributed by atoms with Gasteiger partial charge in [-0.1, -0.05) is 312 Å². The van der Waals surface area contributed by atoms with E-state index < -0.39 is 0 Å². The van der Waals surface area contributed by atoms with Crippen molar-refractivity contribution in [2.75, 3.05) is 26.4 Å². The summed E-state index contributed by atoms with van der Waals surface area (Å²) in [6, 6.07) is 28.2. The molecule has 4 unspecified atom stereocenters. The second-order valence-corrected chi connectivity index (χ2v) is 34.5. The molecule has 642 valence electrons. The molecule has 4 aromatic heterocycles. The maximum absolute atomic E-state index is 14.2. The summed E-state index contributed by atoms with van der Waals surface area (Å²) in [5, 5.41) is 0. The van der Waals surface area contributed by atoms with Crippen LogP contribution in [-0.2, 0) is 45.1 Å². The maximum atomic E-state index is 14.2. The van der Waals surface area contributed by atoms with E-state index in [1.54, 1.807) is 12.1 Å². The molecule has 0 saturated carbocycles. The van der Waals surface area contributed by atoms with Gasteiger partial charge in [-0.2, -0.15) is 9.13 Å². The van der Waals surface area contributed by atoms with Crippen LogP contribution < -0.4 is 18.3 Å². The van der Waals surface area contributed by atoms with Crippen molar-refractivity contribution >= 4 is 23.9 Å². The lowest BCUT2D eigenvalue weighted by atomic mass is 9.95. The van der Waals surface area contributed by atoms with E-state index in [4.69, 9.17) is 18.9 Å². The van der Waals surface area contributed by atoms with Crippen LogP contribution in [0.5, 0.6) is 0 Å². The highest BCUT2D eigenvalue weighted by Gasteiger charge is 2.24. The monoisotopic (exact) mass is 1600 g/mol. The van der Waals surface area contributed by atoms with E-state index in [-0.39, 0.29) is 23.9 Å². The quantitative estimate of drug-likeness (QED) is 0.0160. The van der Waals surface area contributed by atoms with Crippen LogP contribution in [0.25, 0.3) is 22.3 Å². The number of esters is 4. The molecule has 6 aromatic rings. The molecule has 0 spiro atoms. The first kappa shape index (κ1) is 97.7. The lowest BCUT2D eigenvalue weighted by Gasteiger charge is -2.18. The summed E-state index contributed by atoms with van der Waals surface area (Å²) in [7, 11) is 0. The van der Waals surface area contributed by atoms with Crippen LogP contribution in [0.4, 0.5) is 0 Å². The number of aromatic nitrogens is 4. The van der Waals surface area contributed by atoms with Gasteiger partial charge in [0.2, 0.25) is 13.1 Å². The maximum Gasteiger partial charge on any atom is 0.338 e. The summed E-state index contributed by atoms with van der Waals surface area (Å²) in [6.45, 7) is 22.1. The summed E-state index contributed by atoms with van der Waals surface area (Å²) in [5.41, 5.74) is 7.70. The van der Waals surface area contributed by atoms with E-state index in [2.05, 4.69) is 172 Å². The minimum absolute atomic E-state index is 0.325. The SMILES string of the molecule is CCCCCCCCC(CCCCCC)COC(=O)c1cc(C[n+]2ccc(-c3cc[n+](CC[n+]4ccc(-c5cc[n+](Cc6cc(C(=O)OCC(CCCCCC)CCCCCCCC)cc(C(=O)OCC(CCCCCC)CCCCCCCC)c6)cc5)cc4)cc3)cc2)cc(C(=O)OCC(CCCCCC)CCCCCCCC)c1. The number of aryl methyl sites for hydroxylation is 2. The van der Waals surface area contributed by atoms with Crippen molar-refractivity contribution in [1.29, 1.82) is 0 Å². The Morgan fingerprint density at radius 2 is 0.405 bits per heavy atom. The number of hydrogen-bond donors (Lipinski definition) is 0. The summed E-state index contributed by atoms with van der Waals surface area (Å²) < 4.78 is 33.5. The third kappa shape index (κ3) is 41.5. The van der Waals surface area contributed by atoms with Gasteiger partial charge in [0.1, 0.15) is 0 Å². The first-order valence-electron chi connectivity index (χ1n) is 47.8. The fourth-order valence-electron chi connectivity index (χ4n) is 16.4. The van der Waals surface area contributed by atoms with Gasteiger partial charge in [0.15, 0.2) is 62.7 Å². The van der Waals surface area contributed by atoms with Crippen molar-refractivity contribution in [3.05, 3.63) is 168 Å². The summed E-state index contributed by atoms with van der Waals surface area (Å²) >= 11 is 0. The average molecular weight is 1600 g/mol. The second kappa shape index (κ2) is 62.1. The van der Waals surface area contributed by atoms with Crippen molar-refractivity contribution in [1.82, 2.24) is 0 Å². The molecule has 116 heavy (non-hydrogen) atoms. The topological polar surface area (TPSA) is 121 Å². The van der Waals surface area contributed by atoms with E-state index >= 15 is 0 Å². The number of hydrogen-bond acceptors (Lipinski definition) is 8. The zero-order chi connectivity index (χ0) is 82.7. The molecule has 0 saturated heterocycles. The fourth-order valence-corrected chi connectivity index (χ4v) is 16.4. The van der Waals surface area contributed by atoms with Crippen LogP contribution in [-0.4, -0.2) is 50.3 Å². The molecule has 6 rings (SSSR count). The molecule has 0 aliphatic rings. The molecule has 0 aliphatic carbocycles. The molecule has 0 bridgehead atoms. The summed E-state index contributed by atoms with van der Waals surface area (Å²) in [6.07, 6.45) is 74.4. The molecule has 0 amide bonds. The molecule has 0 N–H and O–H groups in total. The summed E-state index contributed by atoms with van der Waals surface area (Å²) in [5.74, 6) is -0.203. The molecular weight excluding hydrogens is 1430 g/mol. The minimum Gasteiger partial charge on any atom is -0.462 e. The predicted octanol–water partition coefficient (Wildman–Crippen LogP) is 26.9. The smallest absolute Gasteiger partial charge is 0.338 e. The van der Waals surface area contributed by atoms with Crippen LogP contribution in [0, 0.1) is 23.7 Å². The van der Waals surface area contributed by atoms with E-state index in [0.717, 1.165) is 149 Å². The van der Waals surface area contributed by atoms with E-state index in [0.29, 0.717) is 85.4 Å². The number of carbonyl (C=O) groups excluding carboxylic acids is 4. The molecule has 0 fully saturated rings. The standard InChI is InChI=1S/C104H162N4O8/c1-9-17-25-33-37-45-53-87(49-41-29-21-13-5)83-113-101(109)97-75-91(76-98(79-97)102(110)114-84-88(50-42-30-22-14-6)54-46-38-34-26-18-10-2)81-107-69-61-95(62-70-107)93-57-65-105(66-58-93)73-74-106-67-59-94(60-68-106)96-63-71-108(72-64-96)82-92-77-99(103(111)115-85-89(51-43-31-23-15-7)55-47-39-35-27-19-11-3)80-100(78-92)104(112)116-86-90(52-44-32-24-16-8)56-48-40-36-28-20-12-4/h57-72,75-80,87-90H,9-56,73-74,81-86H2,1-8H3/q+4. The van der Waals surface area contributed by atoms with E-state index in [1.165, 1.54) is 205 Å². The highest BCUT2D eigenvalue weighted by Crippen LogP contribution is 2.28. The Morgan fingerprint density at radius 3 is 0.603 bits per heavy atom. The van der Waals surface area contributed by atoms with Gasteiger partial charge in [-0.15, -0.1) is 0 Å². The molecule has 4 heterocycles. The number of carbonyl (C=O) groups is 4. The van der Waals surface area contributed by atoms with Crippen molar-refractivity contribution in [2.45, 2.75) is 390 Å². The lowest BCUT2D eigenvalue weighted by Crippen LogP contribution is -2.43. The van der Waals surface area contributed by atoms with Crippen molar-refractivity contribution < 1.29 is 56.4 Å². The Kier molecular flexibility index (Phi) is 52.4. The van der Waals surface area contributed by atoms with Crippen LogP contribution in [0.2, 0.25) is 0 Å². The van der Waals surface area contributed by atoms with Crippen LogP contribution in [0.1, 0.15) is 416 Å². The number of nitrogens with zero attached hydrogens (tertiary/aromatic N) is 4. The number of benzene rings is 2. The second-order valence-electron chi connectivity index (χ2n) is 34.5. The van der Waals surface area contributed by atoms with Gasteiger partial charge in [0.25, 0.3) is 0 Å². The Hall–Kier alpha value is -7.08. The molecule has 0 radical (unpaired) electrons. The van der Waals surface area contributed by atoms with Crippen molar-refractivity contribution in [3.63, 3.8) is 0 Å². The molecule has 12 heteroatoms.